The van der Waals surface area contributed by atoms with Crippen LogP contribution in [0.1, 0.15) is 41.6 Å². The summed E-state index contributed by atoms with van der Waals surface area (Å²) in [6, 6.07) is 8.32. The maximum absolute atomic E-state index is 14.1. The van der Waals surface area contributed by atoms with Gasteiger partial charge in [0.1, 0.15) is 16.7 Å². The molecule has 40 heavy (non-hydrogen) atoms. The van der Waals surface area contributed by atoms with Crippen LogP contribution >= 0.6 is 11.6 Å². The van der Waals surface area contributed by atoms with Gasteiger partial charge >= 0.3 is 6.18 Å². The van der Waals surface area contributed by atoms with Crippen molar-refractivity contribution in [1.82, 2.24) is 14.8 Å². The van der Waals surface area contributed by atoms with Crippen molar-refractivity contribution in [3.05, 3.63) is 52.7 Å². The minimum Gasteiger partial charge on any atom is -0.497 e. The van der Waals surface area contributed by atoms with Crippen LogP contribution < -0.4 is 9.64 Å². The molecule has 2 aliphatic rings. The molecular weight excluding hydrogens is 549 g/mol. The average molecular weight is 583 g/mol. The molecule has 0 bridgehead atoms. The predicted octanol–water partition coefficient (Wildman–Crippen LogP) is 4.35. The van der Waals surface area contributed by atoms with E-state index in [1.54, 1.807) is 26.2 Å². The number of ether oxygens (including phenoxy) is 1. The first-order chi connectivity index (χ1) is 18.7. The number of likely N-dealkylation sites (N-methyl/N-ethyl adjacent to an activating group) is 1. The number of rotatable bonds is 7. The van der Waals surface area contributed by atoms with Crippen molar-refractivity contribution in [3.63, 3.8) is 0 Å². The molecule has 1 atom stereocenters. The highest BCUT2D eigenvalue weighted by atomic mass is 35.5. The van der Waals surface area contributed by atoms with E-state index in [-0.39, 0.29) is 34.7 Å². The van der Waals surface area contributed by atoms with E-state index in [4.69, 9.17) is 16.3 Å². The van der Waals surface area contributed by atoms with E-state index in [0.29, 0.717) is 11.4 Å². The number of aliphatic hydroxyl groups is 1. The molecule has 4 rings (SSSR count). The molecule has 2 heterocycles. The van der Waals surface area contributed by atoms with Crippen LogP contribution in [-0.2, 0) is 10.4 Å². The quantitative estimate of drug-likeness (QED) is 0.489. The van der Waals surface area contributed by atoms with E-state index in [1.807, 2.05) is 0 Å². The second-order valence-electron chi connectivity index (χ2n) is 11.1. The van der Waals surface area contributed by atoms with Crippen LogP contribution in [0.4, 0.5) is 19.0 Å². The van der Waals surface area contributed by atoms with Crippen LogP contribution in [-0.4, -0.2) is 85.8 Å². The Labute approximate surface area is 236 Å². The fourth-order valence-corrected chi connectivity index (χ4v) is 6.15. The highest BCUT2D eigenvalue weighted by molar-refractivity contribution is 6.32. The third kappa shape index (κ3) is 5.58. The monoisotopic (exact) mass is 582 g/mol. The van der Waals surface area contributed by atoms with Crippen molar-refractivity contribution in [2.75, 3.05) is 52.8 Å². The number of pyridine rings is 1. The molecule has 2 amide bonds. The van der Waals surface area contributed by atoms with Crippen LogP contribution in [0.15, 0.2) is 36.4 Å². The van der Waals surface area contributed by atoms with Crippen LogP contribution in [0.2, 0.25) is 5.15 Å². The minimum atomic E-state index is -5.22. The molecule has 12 heteroatoms. The summed E-state index contributed by atoms with van der Waals surface area (Å²) in [7, 11) is 5.89. The Morgan fingerprint density at radius 3 is 2.35 bits per heavy atom. The van der Waals surface area contributed by atoms with Gasteiger partial charge in [0.2, 0.25) is 0 Å². The largest absolute Gasteiger partial charge is 0.497 e. The number of carbonyl (C=O) groups excluding carboxylic acids is 2. The molecule has 2 aromatic rings. The number of amides is 2. The zero-order valence-electron chi connectivity index (χ0n) is 23.0. The summed E-state index contributed by atoms with van der Waals surface area (Å²) in [5.41, 5.74) is -3.86. The summed E-state index contributed by atoms with van der Waals surface area (Å²) >= 11 is 6.28. The van der Waals surface area contributed by atoms with E-state index in [1.165, 1.54) is 31.2 Å². The van der Waals surface area contributed by atoms with Gasteiger partial charge in [0, 0.05) is 46.3 Å². The normalized spacial score (nSPS) is 18.6. The van der Waals surface area contributed by atoms with Crippen molar-refractivity contribution < 1.29 is 32.6 Å². The number of methoxy groups -OCH3 is 1. The molecule has 1 saturated carbocycles. The van der Waals surface area contributed by atoms with Gasteiger partial charge in [-0.05, 0) is 61.3 Å². The number of benzene rings is 1. The number of anilines is 1. The number of aromatic nitrogens is 1. The van der Waals surface area contributed by atoms with E-state index >= 15 is 0 Å². The lowest BCUT2D eigenvalue weighted by atomic mass is 9.57. The average Bonchev–Trinajstić information content (AvgIpc) is 2.90. The number of hydrogen-bond acceptors (Lipinski definition) is 6. The molecule has 1 aromatic heterocycles. The maximum atomic E-state index is 14.1. The topological polar surface area (TPSA) is 86.2 Å². The van der Waals surface area contributed by atoms with Crippen LogP contribution in [0, 0.1) is 11.3 Å². The van der Waals surface area contributed by atoms with Crippen LogP contribution in [0.3, 0.4) is 0 Å². The zero-order chi connectivity index (χ0) is 29.5. The number of halogens is 4. The Hall–Kier alpha value is -3.05. The van der Waals surface area contributed by atoms with Gasteiger partial charge in [-0.1, -0.05) is 23.7 Å². The highest BCUT2D eigenvalue weighted by Gasteiger charge is 2.62. The minimum absolute atomic E-state index is 0.0344. The Morgan fingerprint density at radius 2 is 1.80 bits per heavy atom. The summed E-state index contributed by atoms with van der Waals surface area (Å²) in [6.45, 7) is 1.58. The first kappa shape index (κ1) is 29.9. The number of nitrogens with zero attached hydrogens (tertiary/aromatic N) is 4. The molecule has 1 N–H and O–H groups in total. The molecule has 2 fully saturated rings. The summed E-state index contributed by atoms with van der Waals surface area (Å²) in [5.74, 6) is -0.795. The van der Waals surface area contributed by atoms with Gasteiger partial charge in [-0.3, -0.25) is 9.59 Å². The third-order valence-electron chi connectivity index (χ3n) is 8.15. The predicted molar refractivity (Wildman–Crippen MR) is 144 cm³/mol. The Bertz CT molecular complexity index is 1260. The number of alkyl halides is 3. The van der Waals surface area contributed by atoms with Crippen molar-refractivity contribution in [2.45, 2.75) is 37.5 Å². The van der Waals surface area contributed by atoms with Gasteiger partial charge in [0.15, 0.2) is 0 Å². The molecule has 1 aliphatic heterocycles. The van der Waals surface area contributed by atoms with Gasteiger partial charge < -0.3 is 24.5 Å². The number of carbonyl (C=O) groups is 2. The van der Waals surface area contributed by atoms with Gasteiger partial charge in [-0.15, -0.1) is 0 Å². The lowest BCUT2D eigenvalue weighted by Gasteiger charge is -2.53. The molecular formula is C28H34ClF3N4O4. The van der Waals surface area contributed by atoms with Gasteiger partial charge in [-0.25, -0.2) is 4.98 Å². The van der Waals surface area contributed by atoms with E-state index < -0.39 is 23.2 Å². The molecule has 1 aliphatic carbocycles. The van der Waals surface area contributed by atoms with E-state index in [2.05, 4.69) is 9.88 Å². The lowest BCUT2D eigenvalue weighted by molar-refractivity contribution is -0.261. The summed E-state index contributed by atoms with van der Waals surface area (Å²) < 4.78 is 47.2. The standard InChI is InChI=1S/C28H34ClF3N4O4/c1-34(2)24(37)21-8-9-22(33-23(21)29)36-12-10-26(11-13-36)15-18(16-26)17-35(3)25(38)27(39,28(30,31)32)19-6-5-7-20(14-19)40-4/h5-9,14,18,39H,10-13,15-17H2,1-4H3. The summed E-state index contributed by atoms with van der Waals surface area (Å²) in [5, 5.41) is 10.9. The SMILES string of the molecule is COc1cccc(C(O)(C(=O)N(C)CC2CC3(CCN(c4ccc(C(=O)N(C)C)c(Cl)n4)CC3)C2)C(F)(F)F)c1. The Balaban J connectivity index is 1.35. The maximum Gasteiger partial charge on any atom is 0.430 e. The van der Waals surface area contributed by atoms with E-state index in [0.717, 1.165) is 55.8 Å². The van der Waals surface area contributed by atoms with E-state index in [9.17, 15) is 27.9 Å². The summed E-state index contributed by atoms with van der Waals surface area (Å²) in [4.78, 5) is 34.2. The van der Waals surface area contributed by atoms with Gasteiger partial charge in [0.25, 0.3) is 17.4 Å². The fourth-order valence-electron chi connectivity index (χ4n) is 5.92. The van der Waals surface area contributed by atoms with Crippen molar-refractivity contribution in [1.29, 1.82) is 0 Å². The second kappa shape index (κ2) is 11.1. The van der Waals surface area contributed by atoms with Crippen LogP contribution in [0.5, 0.6) is 5.75 Å². The van der Waals surface area contributed by atoms with Gasteiger partial charge in [0.05, 0.1) is 12.7 Å². The zero-order valence-corrected chi connectivity index (χ0v) is 23.7. The molecule has 1 aromatic carbocycles. The molecule has 8 nitrogen and oxygen atoms in total. The first-order valence-corrected chi connectivity index (χ1v) is 13.4. The third-order valence-corrected chi connectivity index (χ3v) is 8.44. The fraction of sp³-hybridized carbons (Fsp3) is 0.536. The molecule has 1 spiro atoms. The molecule has 218 valence electrons. The Kier molecular flexibility index (Phi) is 8.29. The molecule has 1 unspecified atom stereocenters. The van der Waals surface area contributed by atoms with Gasteiger partial charge in [-0.2, -0.15) is 13.2 Å². The molecule has 1 saturated heterocycles. The summed E-state index contributed by atoms with van der Waals surface area (Å²) in [6.07, 6.45) is -1.91. The highest BCUT2D eigenvalue weighted by Crippen LogP contribution is 2.53. The number of hydrogen-bond donors (Lipinski definition) is 1. The lowest BCUT2D eigenvalue weighted by Crippen LogP contribution is -2.57. The first-order valence-electron chi connectivity index (χ1n) is 13.0. The van der Waals surface area contributed by atoms with Crippen LogP contribution in [0.25, 0.3) is 0 Å². The Morgan fingerprint density at radius 1 is 1.15 bits per heavy atom. The van der Waals surface area contributed by atoms with Crippen molar-refractivity contribution >= 4 is 29.2 Å². The van der Waals surface area contributed by atoms with Crippen molar-refractivity contribution in [3.8, 4) is 5.75 Å². The van der Waals surface area contributed by atoms with Crippen molar-refractivity contribution in [2.24, 2.45) is 11.3 Å². The smallest absolute Gasteiger partial charge is 0.430 e. The number of piperidine rings is 1. The molecule has 0 radical (unpaired) electrons. The second-order valence-corrected chi connectivity index (χ2v) is 11.5.